The van der Waals surface area contributed by atoms with Crippen molar-refractivity contribution in [3.05, 3.63) is 82.7 Å². The molecular formula is C24H26N6O2. The van der Waals surface area contributed by atoms with E-state index in [0.717, 1.165) is 28.1 Å². The molecule has 0 unspecified atom stereocenters. The number of aromatic nitrogens is 2. The summed E-state index contributed by atoms with van der Waals surface area (Å²) in [4.78, 5) is 29.1. The van der Waals surface area contributed by atoms with E-state index in [-0.39, 0.29) is 24.2 Å². The topological polar surface area (TPSA) is 91.6 Å². The van der Waals surface area contributed by atoms with E-state index in [4.69, 9.17) is 0 Å². The maximum absolute atomic E-state index is 12.8. The molecule has 0 spiro atoms. The van der Waals surface area contributed by atoms with E-state index in [9.17, 15) is 9.59 Å². The number of aliphatic imine (C=N–C) groups is 1. The summed E-state index contributed by atoms with van der Waals surface area (Å²) in [5.41, 5.74) is 8.59. The molecule has 2 N–H and O–H groups in total. The van der Waals surface area contributed by atoms with Crippen molar-refractivity contribution in [2.24, 2.45) is 4.99 Å². The summed E-state index contributed by atoms with van der Waals surface area (Å²) in [7, 11) is 0. The second kappa shape index (κ2) is 9.05. The highest BCUT2D eigenvalue weighted by Crippen LogP contribution is 2.16. The molecule has 2 aromatic carbocycles. The molecule has 0 saturated carbocycles. The first-order valence-corrected chi connectivity index (χ1v) is 10.5. The zero-order chi connectivity index (χ0) is 22.7. The van der Waals surface area contributed by atoms with E-state index >= 15 is 0 Å². The van der Waals surface area contributed by atoms with Gasteiger partial charge in [-0.2, -0.15) is 5.10 Å². The summed E-state index contributed by atoms with van der Waals surface area (Å²) in [5.74, 6) is -0.486. The van der Waals surface area contributed by atoms with Crippen LogP contribution in [0.15, 0.2) is 59.6 Å². The zero-order valence-corrected chi connectivity index (χ0v) is 18.4. The van der Waals surface area contributed by atoms with Gasteiger partial charge in [0.05, 0.1) is 17.9 Å². The first kappa shape index (κ1) is 21.3. The second-order valence-electron chi connectivity index (χ2n) is 7.82. The molecule has 0 saturated heterocycles. The fourth-order valence-corrected chi connectivity index (χ4v) is 3.60. The number of aryl methyl sites for hydroxylation is 2. The smallest absolute Gasteiger partial charge is 0.288 e. The monoisotopic (exact) mass is 430 g/mol. The Hall–Kier alpha value is -3.94. The van der Waals surface area contributed by atoms with Crippen LogP contribution in [0.25, 0.3) is 0 Å². The normalized spacial score (nSPS) is 13.5. The van der Waals surface area contributed by atoms with Crippen LogP contribution in [0, 0.1) is 20.8 Å². The summed E-state index contributed by atoms with van der Waals surface area (Å²) < 4.78 is 1.94. The highest BCUT2D eigenvalue weighted by molar-refractivity contribution is 6.39. The molecule has 0 atom stereocenters. The third-order valence-corrected chi connectivity index (χ3v) is 5.48. The number of hydrogen-bond donors (Lipinski definition) is 2. The second-order valence-corrected chi connectivity index (χ2v) is 7.82. The predicted molar refractivity (Wildman–Crippen MR) is 123 cm³/mol. The number of amides is 2. The fraction of sp³-hybridized carbons (Fsp3) is 0.250. The molecule has 2 heterocycles. The summed E-state index contributed by atoms with van der Waals surface area (Å²) in [6.45, 7) is 6.81. The molecule has 3 aromatic rings. The van der Waals surface area contributed by atoms with Crippen molar-refractivity contribution in [3.8, 4) is 0 Å². The van der Waals surface area contributed by atoms with Gasteiger partial charge in [-0.25, -0.2) is 5.01 Å². The maximum atomic E-state index is 12.8. The van der Waals surface area contributed by atoms with Crippen LogP contribution >= 0.6 is 0 Å². The molecule has 0 radical (unpaired) electrons. The Morgan fingerprint density at radius 2 is 1.78 bits per heavy atom. The van der Waals surface area contributed by atoms with Crippen LogP contribution in [0.1, 0.15) is 28.1 Å². The van der Waals surface area contributed by atoms with Crippen molar-refractivity contribution in [2.75, 3.05) is 11.6 Å². The van der Waals surface area contributed by atoms with Crippen LogP contribution in [0.4, 0.5) is 5.69 Å². The summed E-state index contributed by atoms with van der Waals surface area (Å²) in [5, 5.41) is 8.89. The first-order chi connectivity index (χ1) is 15.4. The van der Waals surface area contributed by atoms with Crippen LogP contribution in [-0.4, -0.2) is 34.0 Å². The van der Waals surface area contributed by atoms with Gasteiger partial charge < -0.3 is 5.32 Å². The van der Waals surface area contributed by atoms with Gasteiger partial charge in [-0.3, -0.25) is 24.7 Å². The van der Waals surface area contributed by atoms with Crippen molar-refractivity contribution in [3.63, 3.8) is 0 Å². The molecule has 8 heteroatoms. The number of hydrazine groups is 1. The van der Waals surface area contributed by atoms with Crippen molar-refractivity contribution < 1.29 is 9.59 Å². The van der Waals surface area contributed by atoms with Gasteiger partial charge >= 0.3 is 0 Å². The molecular weight excluding hydrogens is 404 g/mol. The van der Waals surface area contributed by atoms with Gasteiger partial charge in [0.15, 0.2) is 0 Å². The van der Waals surface area contributed by atoms with E-state index in [1.807, 2.05) is 67.9 Å². The van der Waals surface area contributed by atoms with Crippen molar-refractivity contribution in [1.82, 2.24) is 20.5 Å². The Bertz CT molecular complexity index is 1170. The lowest BCUT2D eigenvalue weighted by Crippen LogP contribution is -2.55. The Balaban J connectivity index is 1.42. The molecule has 1 aliphatic rings. The lowest BCUT2D eigenvalue weighted by molar-refractivity contribution is -0.118. The first-order valence-electron chi connectivity index (χ1n) is 10.5. The average molecular weight is 431 g/mol. The molecule has 0 aliphatic carbocycles. The molecule has 2 amide bonds. The van der Waals surface area contributed by atoms with Crippen molar-refractivity contribution >= 4 is 23.3 Å². The van der Waals surface area contributed by atoms with E-state index < -0.39 is 0 Å². The number of benzene rings is 2. The predicted octanol–water partition coefficient (Wildman–Crippen LogP) is 2.42. The number of rotatable bonds is 6. The minimum Gasteiger partial charge on any atom is -0.345 e. The Morgan fingerprint density at radius 1 is 1.06 bits per heavy atom. The SMILES string of the molecule is Cc1ccc(N2NC(C(=O)NCc3c(C)nn(Cc4ccccc4)c3C)=NCC2=O)cc1. The third-order valence-electron chi connectivity index (χ3n) is 5.48. The van der Waals surface area contributed by atoms with Gasteiger partial charge in [-0.15, -0.1) is 0 Å². The van der Waals surface area contributed by atoms with Gasteiger partial charge in [0.25, 0.3) is 11.8 Å². The average Bonchev–Trinajstić information content (AvgIpc) is 3.06. The standard InChI is InChI=1S/C24H26N6O2/c1-16-9-11-20(12-10-16)30-22(31)14-25-23(28-30)24(32)26-13-21-17(2)27-29(18(21)3)15-19-7-5-4-6-8-19/h4-12H,13-15H2,1-3H3,(H,25,28)(H,26,32). The van der Waals surface area contributed by atoms with Crippen LogP contribution in [0.3, 0.4) is 0 Å². The summed E-state index contributed by atoms with van der Waals surface area (Å²) >= 11 is 0. The quantitative estimate of drug-likeness (QED) is 0.628. The van der Waals surface area contributed by atoms with Gasteiger partial charge in [0.1, 0.15) is 6.54 Å². The van der Waals surface area contributed by atoms with E-state index in [0.29, 0.717) is 18.8 Å². The Kier molecular flexibility index (Phi) is 6.02. The minimum atomic E-state index is -0.371. The molecule has 4 rings (SSSR count). The molecule has 0 fully saturated rings. The summed E-state index contributed by atoms with van der Waals surface area (Å²) in [6.07, 6.45) is 0. The molecule has 0 bridgehead atoms. The van der Waals surface area contributed by atoms with Gasteiger partial charge in [-0.1, -0.05) is 48.0 Å². The molecule has 1 aromatic heterocycles. The van der Waals surface area contributed by atoms with E-state index in [1.54, 1.807) is 0 Å². The number of nitrogens with one attached hydrogen (secondary N) is 2. The summed E-state index contributed by atoms with van der Waals surface area (Å²) in [6, 6.07) is 17.6. The van der Waals surface area contributed by atoms with E-state index in [2.05, 4.69) is 33.0 Å². The number of anilines is 1. The zero-order valence-electron chi connectivity index (χ0n) is 18.4. The lowest BCUT2D eigenvalue weighted by Gasteiger charge is -2.27. The number of carbonyl (C=O) groups is 2. The number of hydrogen-bond acceptors (Lipinski definition) is 5. The molecule has 8 nitrogen and oxygen atoms in total. The molecule has 164 valence electrons. The van der Waals surface area contributed by atoms with E-state index in [1.165, 1.54) is 5.01 Å². The molecule has 32 heavy (non-hydrogen) atoms. The van der Waals surface area contributed by atoms with Crippen LogP contribution in [-0.2, 0) is 22.7 Å². The van der Waals surface area contributed by atoms with Crippen molar-refractivity contribution in [1.29, 1.82) is 0 Å². The number of nitrogens with zero attached hydrogens (tertiary/aromatic N) is 4. The highest BCUT2D eigenvalue weighted by Gasteiger charge is 2.25. The van der Waals surface area contributed by atoms with Crippen molar-refractivity contribution in [2.45, 2.75) is 33.9 Å². The molecule has 1 aliphatic heterocycles. The van der Waals surface area contributed by atoms with Crippen LogP contribution < -0.4 is 15.8 Å². The lowest BCUT2D eigenvalue weighted by atomic mass is 10.2. The van der Waals surface area contributed by atoms with Gasteiger partial charge in [-0.05, 0) is 38.5 Å². The van der Waals surface area contributed by atoms with Gasteiger partial charge in [0.2, 0.25) is 5.84 Å². The third kappa shape index (κ3) is 4.54. The maximum Gasteiger partial charge on any atom is 0.288 e. The van der Waals surface area contributed by atoms with Crippen LogP contribution in [0.2, 0.25) is 0 Å². The fourth-order valence-electron chi connectivity index (χ4n) is 3.60. The number of amidine groups is 1. The van der Waals surface area contributed by atoms with Crippen LogP contribution in [0.5, 0.6) is 0 Å². The largest absolute Gasteiger partial charge is 0.345 e. The highest BCUT2D eigenvalue weighted by atomic mass is 16.2. The Morgan fingerprint density at radius 3 is 2.50 bits per heavy atom. The number of carbonyl (C=O) groups excluding carboxylic acids is 2. The Labute approximate surface area is 186 Å². The minimum absolute atomic E-state index is 0.0866. The van der Waals surface area contributed by atoms with Gasteiger partial charge in [0, 0.05) is 17.8 Å².